The van der Waals surface area contributed by atoms with Crippen molar-refractivity contribution in [1.82, 2.24) is 0 Å². The van der Waals surface area contributed by atoms with E-state index in [0.29, 0.717) is 0 Å². The van der Waals surface area contributed by atoms with Gasteiger partial charge in [-0.15, -0.1) is 0 Å². The summed E-state index contributed by atoms with van der Waals surface area (Å²) in [6.07, 6.45) is -1.15. The van der Waals surface area contributed by atoms with E-state index in [9.17, 15) is 10.1 Å². The minimum atomic E-state index is -1.62. The molecule has 0 saturated heterocycles. The standard InChI is InChI=1S/C5H11NO4/c1-4(8)5(2,3-7)6(9)10/h4,7-8H,3H2,1-2H3/t4-,5-/m0/s1. The van der Waals surface area contributed by atoms with E-state index >= 15 is 0 Å². The second kappa shape index (κ2) is 2.94. The van der Waals surface area contributed by atoms with Crippen LogP contribution in [0.25, 0.3) is 0 Å². The molecule has 5 nitrogen and oxygen atoms in total. The molecule has 60 valence electrons. The minimum absolute atomic E-state index is 0.655. The molecule has 10 heavy (non-hydrogen) atoms. The first kappa shape index (κ1) is 9.32. The van der Waals surface area contributed by atoms with Gasteiger partial charge in [0.2, 0.25) is 0 Å². The molecule has 0 aromatic heterocycles. The van der Waals surface area contributed by atoms with E-state index in [1.165, 1.54) is 13.8 Å². The van der Waals surface area contributed by atoms with Crippen LogP contribution in [0.2, 0.25) is 0 Å². The molecule has 2 N–H and O–H groups in total. The highest BCUT2D eigenvalue weighted by atomic mass is 16.6. The van der Waals surface area contributed by atoms with Crippen LogP contribution in [0, 0.1) is 10.1 Å². The molecule has 0 fully saturated rings. The number of aliphatic hydroxyl groups excluding tert-OH is 2. The van der Waals surface area contributed by atoms with Crippen molar-refractivity contribution in [2.45, 2.75) is 25.5 Å². The van der Waals surface area contributed by atoms with Crippen molar-refractivity contribution >= 4 is 0 Å². The predicted molar refractivity (Wildman–Crippen MR) is 34.2 cm³/mol. The predicted octanol–water partition coefficient (Wildman–Crippen LogP) is -0.605. The largest absolute Gasteiger partial charge is 0.389 e. The number of rotatable bonds is 3. The van der Waals surface area contributed by atoms with Crippen LogP contribution in [0.1, 0.15) is 13.8 Å². The summed E-state index contributed by atoms with van der Waals surface area (Å²) in [5, 5.41) is 27.5. The van der Waals surface area contributed by atoms with Gasteiger partial charge in [0.25, 0.3) is 5.54 Å². The Morgan fingerprint density at radius 3 is 2.20 bits per heavy atom. The highest BCUT2D eigenvalue weighted by molar-refractivity contribution is 4.78. The summed E-state index contributed by atoms with van der Waals surface area (Å²) >= 11 is 0. The van der Waals surface area contributed by atoms with Gasteiger partial charge in [0.05, 0.1) is 0 Å². The SMILES string of the molecule is C[C@H](O)[C@](C)(CO)[N+](=O)[O-]. The van der Waals surface area contributed by atoms with Crippen LogP contribution in [0.5, 0.6) is 0 Å². The summed E-state index contributed by atoms with van der Waals surface area (Å²) < 4.78 is 0. The van der Waals surface area contributed by atoms with E-state index in [2.05, 4.69) is 0 Å². The molecule has 0 aliphatic carbocycles. The van der Waals surface area contributed by atoms with Crippen LogP contribution < -0.4 is 0 Å². The molecule has 0 amide bonds. The maximum atomic E-state index is 10.2. The summed E-state index contributed by atoms with van der Waals surface area (Å²) in [4.78, 5) is 9.50. The van der Waals surface area contributed by atoms with Crippen LogP contribution in [0.15, 0.2) is 0 Å². The molecular formula is C5H11NO4. The molecule has 0 saturated carbocycles. The van der Waals surface area contributed by atoms with Gasteiger partial charge < -0.3 is 10.2 Å². The highest BCUT2D eigenvalue weighted by Gasteiger charge is 2.41. The van der Waals surface area contributed by atoms with E-state index in [-0.39, 0.29) is 0 Å². The first-order valence-electron chi connectivity index (χ1n) is 2.88. The fraction of sp³-hybridized carbons (Fsp3) is 1.00. The maximum absolute atomic E-state index is 10.2. The smallest absolute Gasteiger partial charge is 0.267 e. The summed E-state index contributed by atoms with van der Waals surface area (Å²) in [5.74, 6) is 0. The van der Waals surface area contributed by atoms with Crippen LogP contribution in [-0.2, 0) is 0 Å². The second-order valence-corrected chi connectivity index (χ2v) is 2.45. The fourth-order valence-electron chi connectivity index (χ4n) is 0.342. The summed E-state index contributed by atoms with van der Waals surface area (Å²) in [5.41, 5.74) is -1.62. The van der Waals surface area contributed by atoms with Gasteiger partial charge in [-0.2, -0.15) is 0 Å². The maximum Gasteiger partial charge on any atom is 0.267 e. The monoisotopic (exact) mass is 149 g/mol. The lowest BCUT2D eigenvalue weighted by molar-refractivity contribution is -0.580. The number of aliphatic hydroxyl groups is 2. The molecule has 0 aliphatic rings. The molecule has 0 rings (SSSR count). The first-order valence-corrected chi connectivity index (χ1v) is 2.88. The molecule has 0 spiro atoms. The highest BCUT2D eigenvalue weighted by Crippen LogP contribution is 2.12. The Morgan fingerprint density at radius 2 is 2.20 bits per heavy atom. The Morgan fingerprint density at radius 1 is 1.80 bits per heavy atom. The third-order valence-electron chi connectivity index (χ3n) is 1.64. The Labute approximate surface area is 58.4 Å². The zero-order valence-corrected chi connectivity index (χ0v) is 5.94. The van der Waals surface area contributed by atoms with E-state index < -0.39 is 23.2 Å². The number of nitrogens with zero attached hydrogens (tertiary/aromatic N) is 1. The van der Waals surface area contributed by atoms with Crippen molar-refractivity contribution in [3.8, 4) is 0 Å². The van der Waals surface area contributed by atoms with Crippen molar-refractivity contribution in [3.05, 3.63) is 10.1 Å². The van der Waals surface area contributed by atoms with Crippen LogP contribution in [0.4, 0.5) is 0 Å². The average Bonchev–Trinajstić information content (AvgIpc) is 1.85. The molecule has 0 heterocycles. The van der Waals surface area contributed by atoms with Crippen LogP contribution in [-0.4, -0.2) is 33.4 Å². The van der Waals surface area contributed by atoms with Crippen molar-refractivity contribution in [2.24, 2.45) is 0 Å². The van der Waals surface area contributed by atoms with Crippen molar-refractivity contribution in [1.29, 1.82) is 0 Å². The molecule has 0 radical (unpaired) electrons. The number of hydrogen-bond donors (Lipinski definition) is 2. The van der Waals surface area contributed by atoms with Gasteiger partial charge in [-0.3, -0.25) is 10.1 Å². The van der Waals surface area contributed by atoms with Crippen molar-refractivity contribution < 1.29 is 15.1 Å². The molecule has 2 atom stereocenters. The third kappa shape index (κ3) is 1.43. The minimum Gasteiger partial charge on any atom is -0.389 e. The van der Waals surface area contributed by atoms with Crippen LogP contribution >= 0.6 is 0 Å². The summed E-state index contributed by atoms with van der Waals surface area (Å²) in [6, 6.07) is 0. The Kier molecular flexibility index (Phi) is 2.74. The lowest BCUT2D eigenvalue weighted by atomic mass is 9.99. The quantitative estimate of drug-likeness (QED) is 0.414. The number of hydrogen-bond acceptors (Lipinski definition) is 4. The molecular weight excluding hydrogens is 138 g/mol. The molecule has 0 aromatic carbocycles. The average molecular weight is 149 g/mol. The van der Waals surface area contributed by atoms with Crippen LogP contribution in [0.3, 0.4) is 0 Å². The van der Waals surface area contributed by atoms with Crippen molar-refractivity contribution in [3.63, 3.8) is 0 Å². The molecule has 5 heteroatoms. The van der Waals surface area contributed by atoms with Gasteiger partial charge in [0.15, 0.2) is 0 Å². The van der Waals surface area contributed by atoms with Gasteiger partial charge in [0.1, 0.15) is 12.7 Å². The van der Waals surface area contributed by atoms with E-state index in [1.807, 2.05) is 0 Å². The second-order valence-electron chi connectivity index (χ2n) is 2.45. The summed E-state index contributed by atoms with van der Waals surface area (Å²) in [6.45, 7) is 1.81. The molecule has 0 aliphatic heterocycles. The fourth-order valence-corrected chi connectivity index (χ4v) is 0.342. The van der Waals surface area contributed by atoms with E-state index in [1.54, 1.807) is 0 Å². The zero-order valence-electron chi connectivity index (χ0n) is 5.94. The number of nitro groups is 1. The third-order valence-corrected chi connectivity index (χ3v) is 1.64. The molecule has 0 aromatic rings. The van der Waals surface area contributed by atoms with E-state index in [0.717, 1.165) is 0 Å². The van der Waals surface area contributed by atoms with Gasteiger partial charge in [-0.1, -0.05) is 0 Å². The Balaban J connectivity index is 4.38. The van der Waals surface area contributed by atoms with Gasteiger partial charge >= 0.3 is 0 Å². The van der Waals surface area contributed by atoms with E-state index in [4.69, 9.17) is 10.2 Å². The lowest BCUT2D eigenvalue weighted by Crippen LogP contribution is -2.48. The topological polar surface area (TPSA) is 83.6 Å². The molecule has 0 bridgehead atoms. The van der Waals surface area contributed by atoms with Gasteiger partial charge in [-0.25, -0.2) is 0 Å². The lowest BCUT2D eigenvalue weighted by Gasteiger charge is -2.20. The summed E-state index contributed by atoms with van der Waals surface area (Å²) in [7, 11) is 0. The normalized spacial score (nSPS) is 19.6. The first-order chi connectivity index (χ1) is 4.45. The van der Waals surface area contributed by atoms with Gasteiger partial charge in [-0.05, 0) is 6.92 Å². The van der Waals surface area contributed by atoms with Gasteiger partial charge in [0, 0.05) is 11.8 Å². The Hall–Kier alpha value is -0.680. The Bertz CT molecular complexity index is 136. The zero-order chi connectivity index (χ0) is 8.36. The molecule has 0 unspecified atom stereocenters. The van der Waals surface area contributed by atoms with Crippen molar-refractivity contribution in [2.75, 3.05) is 6.61 Å².